The molecule has 0 aromatic rings. The van der Waals surface area contributed by atoms with Crippen LogP contribution in [0.2, 0.25) is 0 Å². The van der Waals surface area contributed by atoms with Gasteiger partial charge in [-0.2, -0.15) is 0 Å². The molecule has 0 spiro atoms. The highest BCUT2D eigenvalue weighted by Crippen LogP contribution is 2.15. The van der Waals surface area contributed by atoms with Crippen molar-refractivity contribution in [2.45, 2.75) is 52.7 Å². The maximum atomic E-state index is 11.7. The highest BCUT2D eigenvalue weighted by atomic mass is 16.6. The fourth-order valence-electron chi connectivity index (χ4n) is 1.85. The van der Waals surface area contributed by atoms with E-state index in [1.165, 1.54) is 4.90 Å². The number of rotatable bonds is 5. The lowest BCUT2D eigenvalue weighted by Gasteiger charge is -2.39. The summed E-state index contributed by atoms with van der Waals surface area (Å²) in [5, 5.41) is 5.37. The second-order valence-corrected chi connectivity index (χ2v) is 6.68. The van der Waals surface area contributed by atoms with Gasteiger partial charge in [0.2, 0.25) is 11.8 Å². The van der Waals surface area contributed by atoms with Crippen LogP contribution in [0, 0.1) is 5.92 Å². The van der Waals surface area contributed by atoms with Gasteiger partial charge in [-0.1, -0.05) is 13.8 Å². The monoisotopic (exact) mass is 313 g/mol. The average molecular weight is 313 g/mol. The summed E-state index contributed by atoms with van der Waals surface area (Å²) in [6.45, 7) is 9.99. The summed E-state index contributed by atoms with van der Waals surface area (Å²) in [6, 6.07) is -0.0829. The van der Waals surface area contributed by atoms with Gasteiger partial charge in [0, 0.05) is 19.0 Å². The normalized spacial score (nSPS) is 16.5. The highest BCUT2D eigenvalue weighted by molar-refractivity contribution is 5.85. The fourth-order valence-corrected chi connectivity index (χ4v) is 1.85. The van der Waals surface area contributed by atoms with E-state index in [1.807, 2.05) is 34.6 Å². The number of carbonyl (C=O) groups excluding carboxylic acids is 3. The summed E-state index contributed by atoms with van der Waals surface area (Å²) < 4.78 is 5.23. The van der Waals surface area contributed by atoms with Crippen LogP contribution in [0.4, 0.5) is 4.79 Å². The maximum absolute atomic E-state index is 11.7. The Balaban J connectivity index is 2.21. The van der Waals surface area contributed by atoms with Gasteiger partial charge in [-0.15, -0.1) is 0 Å². The molecule has 1 heterocycles. The van der Waals surface area contributed by atoms with E-state index in [0.29, 0.717) is 13.1 Å². The molecule has 1 saturated heterocycles. The number of carbonyl (C=O) groups is 3. The number of nitrogens with one attached hydrogen (secondary N) is 2. The topological polar surface area (TPSA) is 87.7 Å². The molecule has 0 bridgehead atoms. The van der Waals surface area contributed by atoms with Gasteiger partial charge in [-0.05, 0) is 27.2 Å². The van der Waals surface area contributed by atoms with Gasteiger partial charge in [0.25, 0.3) is 0 Å². The van der Waals surface area contributed by atoms with Crippen molar-refractivity contribution < 1.29 is 19.1 Å². The molecule has 1 rings (SSSR count). The standard InChI is InChI=1S/C15H27N3O4/c1-6-10(2)13(20)16-7-12(19)17-11-8-18(9-11)14(21)22-15(3,4)5/h10-11H,6-9H2,1-5H3,(H,16,20)(H,17,19). The predicted molar refractivity (Wildman–Crippen MR) is 82.2 cm³/mol. The van der Waals surface area contributed by atoms with Gasteiger partial charge >= 0.3 is 6.09 Å². The molecule has 126 valence electrons. The Morgan fingerprint density at radius 1 is 1.27 bits per heavy atom. The van der Waals surface area contributed by atoms with Crippen molar-refractivity contribution in [3.63, 3.8) is 0 Å². The highest BCUT2D eigenvalue weighted by Gasteiger charge is 2.34. The van der Waals surface area contributed by atoms with E-state index in [0.717, 1.165) is 6.42 Å². The van der Waals surface area contributed by atoms with Crippen LogP contribution in [0.1, 0.15) is 41.0 Å². The SMILES string of the molecule is CCC(C)C(=O)NCC(=O)NC1CN(C(=O)OC(C)(C)C)C1. The maximum Gasteiger partial charge on any atom is 0.410 e. The van der Waals surface area contributed by atoms with Gasteiger partial charge in [-0.3, -0.25) is 9.59 Å². The van der Waals surface area contributed by atoms with Crippen LogP contribution in [0.5, 0.6) is 0 Å². The van der Waals surface area contributed by atoms with Gasteiger partial charge in [-0.25, -0.2) is 4.79 Å². The summed E-state index contributed by atoms with van der Waals surface area (Å²) >= 11 is 0. The number of likely N-dealkylation sites (tertiary alicyclic amines) is 1. The molecule has 0 radical (unpaired) electrons. The van der Waals surface area contributed by atoms with Crippen LogP contribution in [0.15, 0.2) is 0 Å². The van der Waals surface area contributed by atoms with Gasteiger partial charge in [0.1, 0.15) is 5.60 Å². The minimum Gasteiger partial charge on any atom is -0.444 e. The first-order valence-corrected chi connectivity index (χ1v) is 7.67. The predicted octanol–water partition coefficient (Wildman–Crippen LogP) is 0.884. The van der Waals surface area contributed by atoms with Gasteiger partial charge in [0.15, 0.2) is 0 Å². The molecule has 0 saturated carbocycles. The molecule has 7 heteroatoms. The Hall–Kier alpha value is -1.79. The third kappa shape index (κ3) is 5.91. The van der Waals surface area contributed by atoms with Crippen molar-refractivity contribution in [2.24, 2.45) is 5.92 Å². The molecular weight excluding hydrogens is 286 g/mol. The number of hydrogen-bond donors (Lipinski definition) is 2. The zero-order chi connectivity index (χ0) is 16.9. The molecule has 0 aliphatic carbocycles. The Kier molecular flexibility index (Phi) is 6.20. The van der Waals surface area contributed by atoms with Crippen molar-refractivity contribution in [1.82, 2.24) is 15.5 Å². The molecule has 3 amide bonds. The van der Waals surface area contributed by atoms with Gasteiger partial charge in [0.05, 0.1) is 12.6 Å². The van der Waals surface area contributed by atoms with Crippen LogP contribution in [-0.2, 0) is 14.3 Å². The van der Waals surface area contributed by atoms with Crippen LogP contribution in [-0.4, -0.2) is 54.1 Å². The molecule has 2 N–H and O–H groups in total. The minimum absolute atomic E-state index is 0.0356. The number of ether oxygens (including phenoxy) is 1. The first-order chi connectivity index (χ1) is 10.1. The zero-order valence-corrected chi connectivity index (χ0v) is 14.1. The van der Waals surface area contributed by atoms with E-state index in [-0.39, 0.29) is 36.4 Å². The fraction of sp³-hybridized carbons (Fsp3) is 0.800. The van der Waals surface area contributed by atoms with Crippen LogP contribution in [0.3, 0.4) is 0 Å². The molecule has 1 atom stereocenters. The van der Waals surface area contributed by atoms with Crippen molar-refractivity contribution in [3.8, 4) is 0 Å². The van der Waals surface area contributed by atoms with Crippen molar-refractivity contribution in [3.05, 3.63) is 0 Å². The van der Waals surface area contributed by atoms with Crippen LogP contribution >= 0.6 is 0 Å². The third-order valence-corrected chi connectivity index (χ3v) is 3.38. The van der Waals surface area contributed by atoms with E-state index >= 15 is 0 Å². The van der Waals surface area contributed by atoms with E-state index < -0.39 is 5.60 Å². The summed E-state index contributed by atoms with van der Waals surface area (Å²) in [7, 11) is 0. The largest absolute Gasteiger partial charge is 0.444 e. The van der Waals surface area contributed by atoms with E-state index in [4.69, 9.17) is 4.74 Å². The van der Waals surface area contributed by atoms with Crippen LogP contribution in [0.25, 0.3) is 0 Å². The minimum atomic E-state index is -0.522. The number of nitrogens with zero attached hydrogens (tertiary/aromatic N) is 1. The lowest BCUT2D eigenvalue weighted by atomic mass is 10.1. The number of hydrogen-bond acceptors (Lipinski definition) is 4. The molecule has 0 aromatic heterocycles. The lowest BCUT2D eigenvalue weighted by molar-refractivity contribution is -0.128. The van der Waals surface area contributed by atoms with Crippen molar-refractivity contribution in [2.75, 3.05) is 19.6 Å². The first-order valence-electron chi connectivity index (χ1n) is 7.67. The van der Waals surface area contributed by atoms with Crippen LogP contribution < -0.4 is 10.6 Å². The molecule has 7 nitrogen and oxygen atoms in total. The second kappa shape index (κ2) is 7.47. The lowest BCUT2D eigenvalue weighted by Crippen LogP contribution is -2.62. The van der Waals surface area contributed by atoms with E-state index in [9.17, 15) is 14.4 Å². The van der Waals surface area contributed by atoms with Gasteiger partial charge < -0.3 is 20.3 Å². The molecular formula is C15H27N3O4. The Morgan fingerprint density at radius 2 is 1.86 bits per heavy atom. The summed E-state index contributed by atoms with van der Waals surface area (Å²) in [4.78, 5) is 36.5. The summed E-state index contributed by atoms with van der Waals surface area (Å²) in [5.74, 6) is -0.466. The first kappa shape index (κ1) is 18.3. The Bertz CT molecular complexity index is 425. The molecule has 1 fully saturated rings. The number of amides is 3. The summed E-state index contributed by atoms with van der Waals surface area (Å²) in [6.07, 6.45) is 0.365. The average Bonchev–Trinajstić information content (AvgIpc) is 2.36. The molecule has 0 aromatic carbocycles. The molecule has 1 aliphatic rings. The summed E-state index contributed by atoms with van der Waals surface area (Å²) in [5.41, 5.74) is -0.522. The van der Waals surface area contributed by atoms with Crippen molar-refractivity contribution >= 4 is 17.9 Å². The molecule has 22 heavy (non-hydrogen) atoms. The smallest absolute Gasteiger partial charge is 0.410 e. The van der Waals surface area contributed by atoms with E-state index in [2.05, 4.69) is 10.6 Å². The third-order valence-electron chi connectivity index (χ3n) is 3.38. The molecule has 1 aliphatic heterocycles. The Labute approximate surface area is 131 Å². The Morgan fingerprint density at radius 3 is 2.36 bits per heavy atom. The van der Waals surface area contributed by atoms with Crippen molar-refractivity contribution in [1.29, 1.82) is 0 Å². The van der Waals surface area contributed by atoms with E-state index in [1.54, 1.807) is 0 Å². The zero-order valence-electron chi connectivity index (χ0n) is 14.1. The second-order valence-electron chi connectivity index (χ2n) is 6.68. The molecule has 1 unspecified atom stereocenters. The quantitative estimate of drug-likeness (QED) is 0.789.